The van der Waals surface area contributed by atoms with Crippen molar-refractivity contribution in [2.45, 2.75) is 83.8 Å². The van der Waals surface area contributed by atoms with Gasteiger partial charge in [0, 0.05) is 75.7 Å². The molecule has 1 N–H and O–H groups in total. The van der Waals surface area contributed by atoms with Gasteiger partial charge in [0.05, 0.1) is 11.0 Å². The zero-order valence-corrected chi connectivity index (χ0v) is 48.5. The van der Waals surface area contributed by atoms with Gasteiger partial charge in [0.25, 0.3) is 0 Å². The number of anilines is 4. The van der Waals surface area contributed by atoms with Crippen LogP contribution in [-0.4, -0.2) is 60.4 Å². The zero-order chi connectivity index (χ0) is 46.5. The quantitative estimate of drug-likeness (QED) is 0.153. The Balaban J connectivity index is 0.000000175. The molecular weight excluding hydrogens is 1000 g/mol. The van der Waals surface area contributed by atoms with E-state index < -0.39 is 8.24 Å². The fraction of sp³-hybridized carbons (Fsp3) is 0.263. The van der Waals surface area contributed by atoms with Crippen molar-refractivity contribution in [3.8, 4) is 22.3 Å². The van der Waals surface area contributed by atoms with E-state index >= 15 is 0 Å². The van der Waals surface area contributed by atoms with Gasteiger partial charge in [0.15, 0.2) is 8.24 Å². The van der Waals surface area contributed by atoms with E-state index in [0.717, 1.165) is 111 Å². The number of nitrogens with zero attached hydrogens (tertiary/aromatic N) is 9. The number of hydrogen-bond donors (Lipinski definition) is 1. The topological polar surface area (TPSA) is 105 Å². The average molecular weight is 1060 g/mol. The minimum atomic E-state index is -1.87. The first-order valence-electron chi connectivity index (χ1n) is 24.3. The number of fused-ring (bicyclic) bond motifs is 6. The van der Waals surface area contributed by atoms with Crippen molar-refractivity contribution in [1.29, 1.82) is 0 Å². The van der Waals surface area contributed by atoms with Gasteiger partial charge in [0.2, 0.25) is 0 Å². The van der Waals surface area contributed by atoms with Crippen LogP contribution in [0.3, 0.4) is 0 Å². The van der Waals surface area contributed by atoms with E-state index in [2.05, 4.69) is 191 Å². The van der Waals surface area contributed by atoms with E-state index in [1.165, 1.54) is 27.9 Å². The predicted octanol–water partition coefficient (Wildman–Crippen LogP) is 8.02. The van der Waals surface area contributed by atoms with Gasteiger partial charge in [-0.2, -0.15) is 0 Å². The summed E-state index contributed by atoms with van der Waals surface area (Å²) in [5, 5.41) is 4.46. The van der Waals surface area contributed by atoms with E-state index in [-0.39, 0.29) is 73.6 Å². The molecule has 12 rings (SSSR count). The smallest absolute Gasteiger partial charge is 1.00 e. The standard InChI is InChI=1S/C33H39N5Si.C24H19N5.Cs.FH/c1-22(2)39(23(3)4,24(5)6)38-17-15-27-18-28(20-34-32(27)38)26-13-14-30-29(19-26)33(36-21-35-30)37-16-9-11-25-10-7-8-12-31(25)37;1-2-6-22-16(4-1)5-3-11-29(22)24-20-13-17(7-8-21(20)27-15-28-24)19-12-18-9-10-25-23(18)26-14-19;;/h7-8,10,12-15,17-24H,9,11,16H2,1-6H3;1-2,4,6-10,12-15H,3,5,11H2,(H,25,26);;1H/q;;+1;/p-1. The molecule has 8 heterocycles. The molecule has 0 unspecified atom stereocenters. The van der Waals surface area contributed by atoms with Crippen LogP contribution < -0.4 is 83.4 Å². The number of rotatable bonds is 8. The van der Waals surface area contributed by atoms with Crippen LogP contribution in [0.15, 0.2) is 147 Å². The minimum Gasteiger partial charge on any atom is -1.00 e. The van der Waals surface area contributed by atoms with Crippen LogP contribution in [0.5, 0.6) is 0 Å². The summed E-state index contributed by atoms with van der Waals surface area (Å²) < 4.78 is 2.59. The van der Waals surface area contributed by atoms with E-state index in [9.17, 15) is 0 Å². The van der Waals surface area contributed by atoms with Gasteiger partial charge in [-0.3, -0.25) is 0 Å². The van der Waals surface area contributed by atoms with Crippen LogP contribution in [0, 0.1) is 0 Å². The van der Waals surface area contributed by atoms with Crippen molar-refractivity contribution in [3.05, 3.63) is 158 Å². The Morgan fingerprint density at radius 2 is 1.04 bits per heavy atom. The maximum absolute atomic E-state index is 5.11. The summed E-state index contributed by atoms with van der Waals surface area (Å²) in [6, 6.07) is 39.0. The van der Waals surface area contributed by atoms with Gasteiger partial charge in [0.1, 0.15) is 35.6 Å². The number of para-hydroxylation sites is 2. The van der Waals surface area contributed by atoms with E-state index in [1.807, 2.05) is 18.5 Å². The number of aromatic amines is 1. The molecule has 0 bridgehead atoms. The number of benzene rings is 4. The molecular formula is C57H58CsFN10Si. The molecule has 6 aromatic heterocycles. The number of hydrogen-bond acceptors (Lipinski definition) is 8. The molecule has 348 valence electrons. The van der Waals surface area contributed by atoms with Gasteiger partial charge < -0.3 is 23.7 Å². The van der Waals surface area contributed by atoms with Crippen molar-refractivity contribution in [3.63, 3.8) is 0 Å². The Labute approximate surface area is 469 Å². The maximum atomic E-state index is 5.11. The fourth-order valence-electron chi connectivity index (χ4n) is 11.8. The molecule has 0 spiro atoms. The Bertz CT molecular complexity index is 3450. The van der Waals surface area contributed by atoms with Gasteiger partial charge in [-0.05, 0) is 131 Å². The van der Waals surface area contributed by atoms with Crippen molar-refractivity contribution in [1.82, 2.24) is 39.1 Å². The average Bonchev–Trinajstić information content (AvgIpc) is 4.03. The summed E-state index contributed by atoms with van der Waals surface area (Å²) in [6.45, 7) is 16.4. The second-order valence-corrected chi connectivity index (χ2v) is 25.2. The molecule has 0 aliphatic carbocycles. The number of nitrogens with one attached hydrogen (secondary N) is 1. The summed E-state index contributed by atoms with van der Waals surface area (Å²) in [5.74, 6) is 1.95. The van der Waals surface area contributed by atoms with E-state index in [0.29, 0.717) is 16.6 Å². The number of pyridine rings is 2. The van der Waals surface area contributed by atoms with Crippen LogP contribution in [0.2, 0.25) is 16.6 Å². The Morgan fingerprint density at radius 3 is 1.59 bits per heavy atom. The summed E-state index contributed by atoms with van der Waals surface area (Å²) in [6.07, 6.45) is 16.0. The maximum Gasteiger partial charge on any atom is 1.00 e. The summed E-state index contributed by atoms with van der Waals surface area (Å²) in [7, 11) is -1.87. The van der Waals surface area contributed by atoms with Crippen molar-refractivity contribution in [2.75, 3.05) is 22.9 Å². The largest absolute Gasteiger partial charge is 1.00 e. The Kier molecular flexibility index (Phi) is 14.8. The molecule has 13 heteroatoms. The molecule has 10 aromatic rings. The van der Waals surface area contributed by atoms with Crippen molar-refractivity contribution < 1.29 is 73.6 Å². The third kappa shape index (κ3) is 8.92. The second-order valence-electron chi connectivity index (χ2n) is 19.4. The third-order valence-corrected chi connectivity index (χ3v) is 21.5. The third-order valence-electron chi connectivity index (χ3n) is 14.7. The Hall–Kier alpha value is -5.26. The van der Waals surface area contributed by atoms with E-state index in [4.69, 9.17) is 15.0 Å². The number of H-pyrrole nitrogens is 1. The van der Waals surface area contributed by atoms with Gasteiger partial charge in [-0.1, -0.05) is 90.1 Å². The molecule has 4 aromatic carbocycles. The molecule has 2 aliphatic rings. The summed E-state index contributed by atoms with van der Waals surface area (Å²) >= 11 is 0. The monoisotopic (exact) mass is 1060 g/mol. The first-order chi connectivity index (χ1) is 33.2. The minimum absolute atomic E-state index is 0. The van der Waals surface area contributed by atoms with Crippen LogP contribution in [-0.2, 0) is 12.8 Å². The first kappa shape index (κ1) is 49.7. The van der Waals surface area contributed by atoms with Crippen LogP contribution in [0.1, 0.15) is 65.5 Å². The van der Waals surface area contributed by atoms with Crippen molar-refractivity contribution in [2.24, 2.45) is 0 Å². The van der Waals surface area contributed by atoms with E-state index in [1.54, 1.807) is 12.7 Å². The van der Waals surface area contributed by atoms with Gasteiger partial charge in [-0.15, -0.1) is 0 Å². The fourth-order valence-corrected chi connectivity index (χ4v) is 18.4. The van der Waals surface area contributed by atoms with Crippen LogP contribution in [0.4, 0.5) is 23.0 Å². The molecule has 0 amide bonds. The molecule has 10 nitrogen and oxygen atoms in total. The molecule has 0 saturated carbocycles. The Morgan fingerprint density at radius 1 is 0.529 bits per heavy atom. The van der Waals surface area contributed by atoms with Crippen LogP contribution >= 0.6 is 0 Å². The molecule has 0 atom stereocenters. The first-order valence-corrected chi connectivity index (χ1v) is 26.5. The number of halogens is 1. The molecule has 0 fully saturated rings. The zero-order valence-electron chi connectivity index (χ0n) is 41.2. The van der Waals surface area contributed by atoms with Gasteiger partial charge >= 0.3 is 68.9 Å². The number of aryl methyl sites for hydroxylation is 2. The number of aromatic nitrogens is 8. The van der Waals surface area contributed by atoms with Crippen molar-refractivity contribution >= 4 is 75.1 Å². The molecule has 0 radical (unpaired) electrons. The normalized spacial score (nSPS) is 13.6. The SMILES string of the molecule is CC(C)[Si](C(C)C)(C(C)C)n1ccc2cc(-c3ccc4ncnc(N5CCCc6ccccc65)c4c3)cnc21.[Cs+].[F-].c1ccc2c(c1)CCCN2c1ncnc2ccc(-c3cnc4[nH]ccc4c3)cc12. The van der Waals surface area contributed by atoms with Crippen LogP contribution in [0.25, 0.3) is 66.1 Å². The molecule has 0 saturated heterocycles. The summed E-state index contributed by atoms with van der Waals surface area (Å²) in [4.78, 5) is 36.1. The molecule has 2 aliphatic heterocycles. The van der Waals surface area contributed by atoms with Gasteiger partial charge in [-0.25, -0.2) is 29.9 Å². The summed E-state index contributed by atoms with van der Waals surface area (Å²) in [5.41, 5.74) is 15.6. The molecule has 70 heavy (non-hydrogen) atoms. The second kappa shape index (κ2) is 20.8. The predicted molar refractivity (Wildman–Crippen MR) is 283 cm³/mol.